The van der Waals surface area contributed by atoms with Crippen molar-refractivity contribution < 1.29 is 22.4 Å². The largest absolute Gasteiger partial charge is 0.471 e. The number of halogens is 4. The second-order valence-corrected chi connectivity index (χ2v) is 5.50. The molecule has 1 aromatic carbocycles. The smallest absolute Gasteiger partial charge is 0.361 e. The maximum absolute atomic E-state index is 13.2. The molecule has 7 heteroatoms. The Kier molecular flexibility index (Phi) is 3.58. The highest BCUT2D eigenvalue weighted by Crippen LogP contribution is 2.29. The van der Waals surface area contributed by atoms with Crippen LogP contribution in [0.25, 0.3) is 10.9 Å². The maximum atomic E-state index is 13.2. The number of fused-ring (bicyclic) bond motifs is 1. The minimum atomic E-state index is -4.84. The number of hydrogen-bond donors (Lipinski definition) is 1. The van der Waals surface area contributed by atoms with Crippen LogP contribution >= 0.6 is 0 Å². The summed E-state index contributed by atoms with van der Waals surface area (Å²) in [6.45, 7) is 0.125. The highest BCUT2D eigenvalue weighted by molar-refractivity contribution is 5.84. The number of nitrogens with zero attached hydrogens (tertiary/aromatic N) is 1. The molecule has 3 nitrogen and oxygen atoms in total. The summed E-state index contributed by atoms with van der Waals surface area (Å²) in [5.74, 6) is -2.16. The number of likely N-dealkylation sites (tertiary alicyclic amines) is 1. The number of amides is 1. The normalized spacial score (nSPS) is 19.1. The van der Waals surface area contributed by atoms with Crippen LogP contribution in [0.4, 0.5) is 17.6 Å². The summed E-state index contributed by atoms with van der Waals surface area (Å²) in [5, 5.41) is 0.771. The van der Waals surface area contributed by atoms with Gasteiger partial charge in [0.2, 0.25) is 0 Å². The van der Waals surface area contributed by atoms with Gasteiger partial charge in [-0.25, -0.2) is 4.39 Å². The van der Waals surface area contributed by atoms with E-state index in [-0.39, 0.29) is 12.4 Å². The molecule has 3 rings (SSSR count). The molecule has 1 unspecified atom stereocenters. The molecule has 22 heavy (non-hydrogen) atoms. The standard InChI is InChI=1S/C15H14F4N2O/c16-10-3-4-12-9(8-20-13(12)7-10)6-11-2-1-5-21(11)14(22)15(17,18)19/h3-4,7-8,11,20H,1-2,5-6H2. The van der Waals surface area contributed by atoms with E-state index in [1.54, 1.807) is 12.3 Å². The van der Waals surface area contributed by atoms with Crippen LogP contribution in [-0.4, -0.2) is 34.6 Å². The molecular formula is C15H14F4N2O. The molecule has 118 valence electrons. The average Bonchev–Trinajstić information content (AvgIpc) is 3.04. The van der Waals surface area contributed by atoms with Gasteiger partial charge < -0.3 is 9.88 Å². The molecule has 0 radical (unpaired) electrons. The summed E-state index contributed by atoms with van der Waals surface area (Å²) >= 11 is 0. The van der Waals surface area contributed by atoms with Crippen LogP contribution in [0.3, 0.4) is 0 Å². The molecule has 1 fully saturated rings. The maximum Gasteiger partial charge on any atom is 0.471 e. The molecule has 2 aromatic rings. The van der Waals surface area contributed by atoms with Gasteiger partial charge in [0.05, 0.1) is 0 Å². The van der Waals surface area contributed by atoms with Crippen LogP contribution in [0, 0.1) is 5.82 Å². The zero-order valence-electron chi connectivity index (χ0n) is 11.6. The zero-order valence-corrected chi connectivity index (χ0v) is 11.6. The number of nitrogens with one attached hydrogen (secondary N) is 1. The van der Waals surface area contributed by atoms with Gasteiger partial charge in [-0.2, -0.15) is 13.2 Å². The van der Waals surface area contributed by atoms with E-state index in [0.29, 0.717) is 24.8 Å². The molecule has 0 saturated carbocycles. The zero-order chi connectivity index (χ0) is 15.9. The van der Waals surface area contributed by atoms with Gasteiger partial charge in [0.25, 0.3) is 0 Å². The first-order valence-corrected chi connectivity index (χ1v) is 6.99. The highest BCUT2D eigenvalue weighted by Gasteiger charge is 2.45. The van der Waals surface area contributed by atoms with Crippen LogP contribution in [0.2, 0.25) is 0 Å². The van der Waals surface area contributed by atoms with Crippen molar-refractivity contribution in [3.05, 3.63) is 35.8 Å². The van der Waals surface area contributed by atoms with Gasteiger partial charge >= 0.3 is 12.1 Å². The van der Waals surface area contributed by atoms with Crippen molar-refractivity contribution in [1.29, 1.82) is 0 Å². The SMILES string of the molecule is O=C(N1CCCC1Cc1c[nH]c2cc(F)ccc12)C(F)(F)F. The Morgan fingerprint density at radius 3 is 2.86 bits per heavy atom. The number of rotatable bonds is 2. The number of H-pyrrole nitrogens is 1. The van der Waals surface area contributed by atoms with Gasteiger partial charge in [0.1, 0.15) is 5.82 Å². The summed E-state index contributed by atoms with van der Waals surface area (Å²) in [6.07, 6.45) is -1.75. The summed E-state index contributed by atoms with van der Waals surface area (Å²) in [5.41, 5.74) is 1.39. The first kappa shape index (κ1) is 14.9. The predicted molar refractivity (Wildman–Crippen MR) is 72.8 cm³/mol. The van der Waals surface area contributed by atoms with Crippen LogP contribution in [0.1, 0.15) is 18.4 Å². The molecule has 2 heterocycles. The second kappa shape index (κ2) is 5.30. The second-order valence-electron chi connectivity index (χ2n) is 5.50. The molecule has 1 N–H and O–H groups in total. The number of alkyl halides is 3. The lowest BCUT2D eigenvalue weighted by Gasteiger charge is -2.25. The van der Waals surface area contributed by atoms with Crippen LogP contribution in [0.5, 0.6) is 0 Å². The Balaban J connectivity index is 1.83. The lowest BCUT2D eigenvalue weighted by atomic mass is 10.0. The van der Waals surface area contributed by atoms with Gasteiger partial charge in [-0.15, -0.1) is 0 Å². The van der Waals surface area contributed by atoms with Crippen molar-refractivity contribution in [3.63, 3.8) is 0 Å². The van der Waals surface area contributed by atoms with Crippen LogP contribution in [-0.2, 0) is 11.2 Å². The molecule has 0 aliphatic carbocycles. The summed E-state index contributed by atoms with van der Waals surface area (Å²) in [4.78, 5) is 15.3. The lowest BCUT2D eigenvalue weighted by molar-refractivity contribution is -0.186. The Labute approximate surface area is 123 Å². The van der Waals surface area contributed by atoms with E-state index in [9.17, 15) is 22.4 Å². The van der Waals surface area contributed by atoms with Crippen molar-refractivity contribution >= 4 is 16.8 Å². The molecule has 0 spiro atoms. The quantitative estimate of drug-likeness (QED) is 0.847. The third kappa shape index (κ3) is 2.67. The fraction of sp³-hybridized carbons (Fsp3) is 0.400. The third-order valence-corrected chi connectivity index (χ3v) is 4.07. The van der Waals surface area contributed by atoms with Gasteiger partial charge in [-0.05, 0) is 43.0 Å². The van der Waals surface area contributed by atoms with Crippen molar-refractivity contribution in [3.8, 4) is 0 Å². The topological polar surface area (TPSA) is 36.1 Å². The molecule has 1 aliphatic heterocycles. The predicted octanol–water partition coefficient (Wildman–Crippen LogP) is 3.40. The van der Waals surface area contributed by atoms with E-state index in [1.165, 1.54) is 12.1 Å². The Hall–Kier alpha value is -2.05. The monoisotopic (exact) mass is 314 g/mol. The van der Waals surface area contributed by atoms with Gasteiger partial charge in [0.15, 0.2) is 0 Å². The van der Waals surface area contributed by atoms with Gasteiger partial charge in [0, 0.05) is 29.7 Å². The Morgan fingerprint density at radius 1 is 1.36 bits per heavy atom. The van der Waals surface area contributed by atoms with Crippen LogP contribution < -0.4 is 0 Å². The molecule has 1 atom stereocenters. The number of aromatic nitrogens is 1. The molecule has 1 amide bonds. The average molecular weight is 314 g/mol. The molecule has 1 aromatic heterocycles. The van der Waals surface area contributed by atoms with Crippen molar-refractivity contribution in [2.24, 2.45) is 0 Å². The van der Waals surface area contributed by atoms with Crippen molar-refractivity contribution in [2.45, 2.75) is 31.5 Å². The molecule has 1 aliphatic rings. The van der Waals surface area contributed by atoms with Crippen molar-refractivity contribution in [2.75, 3.05) is 6.54 Å². The first-order chi connectivity index (χ1) is 10.4. The minimum absolute atomic E-state index is 0.125. The van der Waals surface area contributed by atoms with Crippen LogP contribution in [0.15, 0.2) is 24.4 Å². The van der Waals surface area contributed by atoms with E-state index in [2.05, 4.69) is 4.98 Å². The molecule has 1 saturated heterocycles. The lowest BCUT2D eigenvalue weighted by Crippen LogP contribution is -2.44. The highest BCUT2D eigenvalue weighted by atomic mass is 19.4. The molecular weight excluding hydrogens is 300 g/mol. The summed E-state index contributed by atoms with van der Waals surface area (Å²) < 4.78 is 51.0. The van der Waals surface area contributed by atoms with Gasteiger partial charge in [-0.1, -0.05) is 0 Å². The van der Waals surface area contributed by atoms with Crippen molar-refractivity contribution in [1.82, 2.24) is 9.88 Å². The number of carbonyl (C=O) groups excluding carboxylic acids is 1. The van der Waals surface area contributed by atoms with E-state index >= 15 is 0 Å². The fourth-order valence-corrected chi connectivity index (χ4v) is 3.06. The number of aromatic amines is 1. The van der Waals surface area contributed by atoms with E-state index < -0.39 is 18.1 Å². The van der Waals surface area contributed by atoms with E-state index in [1.807, 2.05) is 0 Å². The van der Waals surface area contributed by atoms with E-state index in [4.69, 9.17) is 0 Å². The summed E-state index contributed by atoms with van der Waals surface area (Å²) in [7, 11) is 0. The Bertz CT molecular complexity index is 707. The number of carbonyl (C=O) groups is 1. The number of benzene rings is 1. The Morgan fingerprint density at radius 2 is 2.14 bits per heavy atom. The third-order valence-electron chi connectivity index (χ3n) is 4.07. The van der Waals surface area contributed by atoms with Gasteiger partial charge in [-0.3, -0.25) is 4.79 Å². The first-order valence-electron chi connectivity index (χ1n) is 6.99. The fourth-order valence-electron chi connectivity index (χ4n) is 3.06. The van der Waals surface area contributed by atoms with E-state index in [0.717, 1.165) is 15.8 Å². The molecule has 0 bridgehead atoms. The number of hydrogen-bond acceptors (Lipinski definition) is 1. The minimum Gasteiger partial charge on any atom is -0.361 e. The summed E-state index contributed by atoms with van der Waals surface area (Å²) in [6, 6.07) is 3.78.